The van der Waals surface area contributed by atoms with Crippen LogP contribution < -0.4 is 5.56 Å². The zero-order valence-corrected chi connectivity index (χ0v) is 9.41. The summed E-state index contributed by atoms with van der Waals surface area (Å²) in [5, 5.41) is 0. The number of rotatable bonds is 2. The van der Waals surface area contributed by atoms with Gasteiger partial charge in [0, 0.05) is 19.3 Å². The number of hydrogen-bond acceptors (Lipinski definition) is 2. The quantitative estimate of drug-likeness (QED) is 0.799. The molecule has 0 aromatic carbocycles. The Morgan fingerprint density at radius 3 is 2.50 bits per heavy atom. The van der Waals surface area contributed by atoms with Crippen molar-refractivity contribution in [2.75, 3.05) is 13.1 Å². The van der Waals surface area contributed by atoms with Gasteiger partial charge >= 0.3 is 6.18 Å². The van der Waals surface area contributed by atoms with Crippen LogP contribution in [-0.2, 0) is 17.5 Å². The van der Waals surface area contributed by atoms with Crippen molar-refractivity contribution in [3.8, 4) is 0 Å². The molecule has 0 spiro atoms. The van der Waals surface area contributed by atoms with Gasteiger partial charge in [0.25, 0.3) is 5.56 Å². The highest BCUT2D eigenvalue weighted by Crippen LogP contribution is 2.25. The molecule has 0 radical (unpaired) electrons. The molecule has 2 rings (SSSR count). The van der Waals surface area contributed by atoms with Crippen LogP contribution >= 0.6 is 0 Å². The molecule has 4 nitrogen and oxygen atoms in total. The Balaban J connectivity index is 2.23. The van der Waals surface area contributed by atoms with Crippen LogP contribution in [0.15, 0.2) is 23.1 Å². The number of carbonyl (C=O) groups is 1. The van der Waals surface area contributed by atoms with Crippen molar-refractivity contribution in [2.24, 2.45) is 0 Å². The number of amides is 1. The predicted molar refractivity (Wildman–Crippen MR) is 56.9 cm³/mol. The van der Waals surface area contributed by atoms with Gasteiger partial charge < -0.3 is 9.47 Å². The molecule has 1 aliphatic heterocycles. The number of aromatic nitrogens is 1. The maximum Gasteiger partial charge on any atom is 0.421 e. The van der Waals surface area contributed by atoms with E-state index in [4.69, 9.17) is 0 Å². The Labute approximate surface area is 101 Å². The molecule has 1 saturated heterocycles. The summed E-state index contributed by atoms with van der Waals surface area (Å²) in [6, 6.07) is 1.83. The zero-order valence-electron chi connectivity index (χ0n) is 9.41. The summed E-state index contributed by atoms with van der Waals surface area (Å²) in [5.74, 6) is -0.331. The molecule has 18 heavy (non-hydrogen) atoms. The molecule has 1 aromatic rings. The van der Waals surface area contributed by atoms with Gasteiger partial charge in [0.15, 0.2) is 0 Å². The number of nitrogens with zero attached hydrogens (tertiary/aromatic N) is 2. The lowest BCUT2D eigenvalue weighted by Crippen LogP contribution is -2.45. The minimum atomic E-state index is -4.69. The largest absolute Gasteiger partial charge is 0.421 e. The number of hydrogen-bond donors (Lipinski definition) is 0. The van der Waals surface area contributed by atoms with Crippen molar-refractivity contribution in [2.45, 2.75) is 19.1 Å². The van der Waals surface area contributed by atoms with E-state index < -0.39 is 17.3 Å². The second-order valence-electron chi connectivity index (χ2n) is 4.09. The Hall–Kier alpha value is -1.79. The summed E-state index contributed by atoms with van der Waals surface area (Å²) in [6.45, 7) is 0.863. The lowest BCUT2D eigenvalue weighted by atomic mass is 10.2. The van der Waals surface area contributed by atoms with E-state index in [1.807, 2.05) is 0 Å². The fraction of sp³-hybridized carbons (Fsp3) is 0.455. The molecule has 1 amide bonds. The molecule has 0 saturated carbocycles. The maximum absolute atomic E-state index is 12.5. The molecule has 1 fully saturated rings. The summed E-state index contributed by atoms with van der Waals surface area (Å²) in [4.78, 5) is 24.7. The third kappa shape index (κ3) is 2.39. The fourth-order valence-corrected chi connectivity index (χ4v) is 1.69. The standard InChI is InChI=1S/C11H11F3N2O2/c12-11(13,14)8-3-1-4-16(10(8)18)7-9(17)15-5-2-6-15/h1,3-4H,2,5-7H2. The predicted octanol–water partition coefficient (Wildman–Crippen LogP) is 1.10. The molecule has 0 N–H and O–H groups in total. The highest BCUT2D eigenvalue weighted by Gasteiger charge is 2.34. The van der Waals surface area contributed by atoms with E-state index in [1.54, 1.807) is 0 Å². The summed E-state index contributed by atoms with van der Waals surface area (Å²) in [6.07, 6.45) is -2.61. The van der Waals surface area contributed by atoms with Crippen molar-refractivity contribution in [1.82, 2.24) is 9.47 Å². The summed E-state index contributed by atoms with van der Waals surface area (Å²) < 4.78 is 38.3. The highest BCUT2D eigenvalue weighted by atomic mass is 19.4. The van der Waals surface area contributed by atoms with Crippen LogP contribution in [-0.4, -0.2) is 28.5 Å². The van der Waals surface area contributed by atoms with Gasteiger partial charge in [-0.25, -0.2) is 0 Å². The van der Waals surface area contributed by atoms with Crippen molar-refractivity contribution in [1.29, 1.82) is 0 Å². The number of pyridine rings is 1. The van der Waals surface area contributed by atoms with E-state index in [-0.39, 0.29) is 12.5 Å². The molecular weight excluding hydrogens is 249 g/mol. The van der Waals surface area contributed by atoms with Crippen molar-refractivity contribution in [3.05, 3.63) is 34.2 Å². The van der Waals surface area contributed by atoms with Gasteiger partial charge in [0.2, 0.25) is 5.91 Å². The maximum atomic E-state index is 12.5. The van der Waals surface area contributed by atoms with E-state index >= 15 is 0 Å². The van der Waals surface area contributed by atoms with E-state index in [2.05, 4.69) is 0 Å². The van der Waals surface area contributed by atoms with E-state index in [1.165, 1.54) is 11.1 Å². The Morgan fingerprint density at radius 1 is 1.33 bits per heavy atom. The third-order valence-electron chi connectivity index (χ3n) is 2.84. The topological polar surface area (TPSA) is 42.3 Å². The van der Waals surface area contributed by atoms with Crippen LogP contribution in [0.3, 0.4) is 0 Å². The van der Waals surface area contributed by atoms with Crippen LogP contribution in [0.1, 0.15) is 12.0 Å². The molecular formula is C11H11F3N2O2. The molecule has 98 valence electrons. The monoisotopic (exact) mass is 260 g/mol. The second-order valence-corrected chi connectivity index (χ2v) is 4.09. The average molecular weight is 260 g/mol. The average Bonchev–Trinajstić information content (AvgIpc) is 2.16. The lowest BCUT2D eigenvalue weighted by Gasteiger charge is -2.31. The fourth-order valence-electron chi connectivity index (χ4n) is 1.69. The van der Waals surface area contributed by atoms with Gasteiger partial charge in [0.05, 0.1) is 0 Å². The van der Waals surface area contributed by atoms with Gasteiger partial charge in [-0.15, -0.1) is 0 Å². The Morgan fingerprint density at radius 2 is 2.00 bits per heavy atom. The van der Waals surface area contributed by atoms with Crippen LogP contribution in [0.4, 0.5) is 13.2 Å². The summed E-state index contributed by atoms with van der Waals surface area (Å²) >= 11 is 0. The minimum Gasteiger partial charge on any atom is -0.341 e. The van der Waals surface area contributed by atoms with Crippen LogP contribution in [0, 0.1) is 0 Å². The van der Waals surface area contributed by atoms with Gasteiger partial charge in [-0.2, -0.15) is 13.2 Å². The molecule has 0 unspecified atom stereocenters. The first-order chi connectivity index (χ1) is 8.39. The normalized spacial score (nSPS) is 15.4. The lowest BCUT2D eigenvalue weighted by molar-refractivity contribution is -0.140. The molecule has 1 aliphatic rings. The van der Waals surface area contributed by atoms with Crippen molar-refractivity contribution < 1.29 is 18.0 Å². The van der Waals surface area contributed by atoms with Gasteiger partial charge in [-0.3, -0.25) is 9.59 Å². The zero-order chi connectivity index (χ0) is 13.3. The number of likely N-dealkylation sites (tertiary alicyclic amines) is 1. The van der Waals surface area contributed by atoms with Crippen LogP contribution in [0.5, 0.6) is 0 Å². The van der Waals surface area contributed by atoms with E-state index in [0.29, 0.717) is 19.2 Å². The van der Waals surface area contributed by atoms with Crippen LogP contribution in [0.2, 0.25) is 0 Å². The molecule has 0 aliphatic carbocycles. The third-order valence-corrected chi connectivity index (χ3v) is 2.84. The second kappa shape index (κ2) is 4.47. The first kappa shape index (κ1) is 12.7. The van der Waals surface area contributed by atoms with E-state index in [0.717, 1.165) is 17.1 Å². The van der Waals surface area contributed by atoms with Gasteiger partial charge in [-0.1, -0.05) is 0 Å². The molecule has 1 aromatic heterocycles. The molecule has 0 bridgehead atoms. The van der Waals surface area contributed by atoms with Crippen molar-refractivity contribution in [3.63, 3.8) is 0 Å². The first-order valence-electron chi connectivity index (χ1n) is 5.44. The first-order valence-corrected chi connectivity index (χ1v) is 5.44. The minimum absolute atomic E-state index is 0.331. The smallest absolute Gasteiger partial charge is 0.341 e. The van der Waals surface area contributed by atoms with Crippen molar-refractivity contribution >= 4 is 5.91 Å². The Kier molecular flexibility index (Phi) is 3.14. The number of halogens is 3. The number of alkyl halides is 3. The van der Waals surface area contributed by atoms with Gasteiger partial charge in [-0.05, 0) is 18.6 Å². The van der Waals surface area contributed by atoms with Gasteiger partial charge in [0.1, 0.15) is 12.1 Å². The molecule has 0 atom stereocenters. The highest BCUT2D eigenvalue weighted by molar-refractivity contribution is 5.76. The SMILES string of the molecule is O=C(Cn1cccc(C(F)(F)F)c1=O)N1CCC1. The molecule has 7 heteroatoms. The summed E-state index contributed by atoms with van der Waals surface area (Å²) in [5.41, 5.74) is -2.43. The van der Waals surface area contributed by atoms with Crippen LogP contribution in [0.25, 0.3) is 0 Å². The number of carbonyl (C=O) groups excluding carboxylic acids is 1. The molecule has 2 heterocycles. The Bertz CT molecular complexity index is 518. The van der Waals surface area contributed by atoms with E-state index in [9.17, 15) is 22.8 Å². The summed E-state index contributed by atoms with van der Waals surface area (Å²) in [7, 11) is 0.